The van der Waals surface area contributed by atoms with Gasteiger partial charge in [-0.3, -0.25) is 25.1 Å². The number of nitro groups is 2. The van der Waals surface area contributed by atoms with Gasteiger partial charge >= 0.3 is 0 Å². The molecule has 1 fully saturated rings. The van der Waals surface area contributed by atoms with Gasteiger partial charge in [0.15, 0.2) is 0 Å². The summed E-state index contributed by atoms with van der Waals surface area (Å²) in [7, 11) is 0. The van der Waals surface area contributed by atoms with E-state index < -0.39 is 9.85 Å². The van der Waals surface area contributed by atoms with Crippen molar-refractivity contribution in [3.8, 4) is 0 Å². The standard InChI is InChI=1S/C16H17N5O4/c22-20(23)14-3-1-12(2-4-14)10-19-8-7-13(11-19)18-16-6-5-15(9-17-16)21(24)25/h1-6,9,13H,7-8,10-11H2,(H,17,18)/t13-/m1/s1. The number of hydrogen-bond acceptors (Lipinski definition) is 7. The van der Waals surface area contributed by atoms with Gasteiger partial charge in [0, 0.05) is 43.9 Å². The molecule has 2 heterocycles. The highest BCUT2D eigenvalue weighted by Crippen LogP contribution is 2.19. The fourth-order valence-electron chi connectivity index (χ4n) is 2.86. The molecule has 1 aliphatic heterocycles. The second-order valence-corrected chi connectivity index (χ2v) is 5.95. The summed E-state index contributed by atoms with van der Waals surface area (Å²) in [6.45, 7) is 2.45. The first-order chi connectivity index (χ1) is 12.0. The number of pyridine rings is 1. The largest absolute Gasteiger partial charge is 0.366 e. The molecule has 1 aromatic carbocycles. The van der Waals surface area contributed by atoms with E-state index in [-0.39, 0.29) is 17.4 Å². The molecule has 130 valence electrons. The van der Waals surface area contributed by atoms with Gasteiger partial charge in [0.05, 0.1) is 9.85 Å². The van der Waals surface area contributed by atoms with Crippen molar-refractivity contribution in [2.75, 3.05) is 18.4 Å². The molecular formula is C16H17N5O4. The van der Waals surface area contributed by atoms with Crippen molar-refractivity contribution in [1.29, 1.82) is 0 Å². The second-order valence-electron chi connectivity index (χ2n) is 5.95. The van der Waals surface area contributed by atoms with E-state index in [0.717, 1.165) is 31.6 Å². The number of benzene rings is 1. The molecule has 0 spiro atoms. The molecule has 9 nitrogen and oxygen atoms in total. The van der Waals surface area contributed by atoms with E-state index in [2.05, 4.69) is 15.2 Å². The quantitative estimate of drug-likeness (QED) is 0.633. The minimum absolute atomic E-state index is 0.0308. The molecule has 0 bridgehead atoms. The molecule has 0 unspecified atom stereocenters. The Balaban J connectivity index is 1.53. The number of rotatable bonds is 6. The highest BCUT2D eigenvalue weighted by molar-refractivity contribution is 5.41. The fourth-order valence-corrected chi connectivity index (χ4v) is 2.86. The molecule has 1 aliphatic rings. The smallest absolute Gasteiger partial charge is 0.287 e. The first-order valence-corrected chi connectivity index (χ1v) is 7.84. The van der Waals surface area contributed by atoms with Crippen LogP contribution in [0.15, 0.2) is 42.6 Å². The first kappa shape index (κ1) is 16.8. The number of nitrogens with one attached hydrogen (secondary N) is 1. The van der Waals surface area contributed by atoms with E-state index >= 15 is 0 Å². The van der Waals surface area contributed by atoms with Gasteiger partial charge in [0.25, 0.3) is 11.4 Å². The van der Waals surface area contributed by atoms with Crippen LogP contribution in [-0.2, 0) is 6.54 Å². The fraction of sp³-hybridized carbons (Fsp3) is 0.312. The van der Waals surface area contributed by atoms with Gasteiger partial charge < -0.3 is 5.32 Å². The van der Waals surface area contributed by atoms with Crippen LogP contribution in [0.25, 0.3) is 0 Å². The van der Waals surface area contributed by atoms with Gasteiger partial charge in [-0.2, -0.15) is 0 Å². The number of anilines is 1. The molecule has 0 radical (unpaired) electrons. The molecule has 0 aliphatic carbocycles. The van der Waals surface area contributed by atoms with E-state index in [4.69, 9.17) is 0 Å². The van der Waals surface area contributed by atoms with Crippen molar-refractivity contribution < 1.29 is 9.85 Å². The maximum absolute atomic E-state index is 10.7. The number of hydrogen-bond donors (Lipinski definition) is 1. The lowest BCUT2D eigenvalue weighted by Gasteiger charge is -2.17. The van der Waals surface area contributed by atoms with Crippen molar-refractivity contribution in [2.24, 2.45) is 0 Å². The van der Waals surface area contributed by atoms with Crippen LogP contribution < -0.4 is 5.32 Å². The summed E-state index contributed by atoms with van der Waals surface area (Å²) < 4.78 is 0. The minimum atomic E-state index is -0.474. The molecule has 1 atom stereocenters. The van der Waals surface area contributed by atoms with Gasteiger partial charge in [0.1, 0.15) is 12.0 Å². The average Bonchev–Trinajstić information content (AvgIpc) is 3.02. The molecule has 2 aromatic rings. The van der Waals surface area contributed by atoms with Crippen LogP contribution in [0, 0.1) is 20.2 Å². The molecule has 1 aromatic heterocycles. The van der Waals surface area contributed by atoms with Crippen molar-refractivity contribution >= 4 is 17.2 Å². The van der Waals surface area contributed by atoms with Crippen LogP contribution in [-0.4, -0.2) is 38.9 Å². The van der Waals surface area contributed by atoms with Crippen LogP contribution in [0.5, 0.6) is 0 Å². The normalized spacial score (nSPS) is 17.4. The van der Waals surface area contributed by atoms with Gasteiger partial charge in [-0.25, -0.2) is 4.98 Å². The highest BCUT2D eigenvalue weighted by Gasteiger charge is 2.23. The minimum Gasteiger partial charge on any atom is -0.366 e. The molecule has 3 rings (SSSR count). The lowest BCUT2D eigenvalue weighted by Crippen LogP contribution is -2.26. The summed E-state index contributed by atoms with van der Waals surface area (Å²) in [6, 6.07) is 9.83. The lowest BCUT2D eigenvalue weighted by molar-refractivity contribution is -0.385. The maximum atomic E-state index is 10.7. The molecule has 25 heavy (non-hydrogen) atoms. The Bertz CT molecular complexity index is 698. The van der Waals surface area contributed by atoms with Crippen LogP contribution in [0.3, 0.4) is 0 Å². The van der Waals surface area contributed by atoms with Crippen molar-refractivity contribution in [3.05, 3.63) is 68.4 Å². The Morgan fingerprint density at radius 3 is 2.36 bits per heavy atom. The number of likely N-dealkylation sites (tertiary alicyclic amines) is 1. The summed E-state index contributed by atoms with van der Waals surface area (Å²) in [5, 5.41) is 24.6. The van der Waals surface area contributed by atoms with E-state index in [9.17, 15) is 20.2 Å². The van der Waals surface area contributed by atoms with Gasteiger partial charge in [-0.1, -0.05) is 12.1 Å². The third-order valence-electron chi connectivity index (χ3n) is 4.14. The summed E-state index contributed by atoms with van der Waals surface area (Å²) in [5.41, 5.74) is 1.09. The lowest BCUT2D eigenvalue weighted by atomic mass is 10.2. The van der Waals surface area contributed by atoms with E-state index in [1.807, 2.05) is 0 Å². The van der Waals surface area contributed by atoms with Gasteiger partial charge in [-0.15, -0.1) is 0 Å². The Kier molecular flexibility index (Phi) is 4.85. The molecular weight excluding hydrogens is 326 g/mol. The van der Waals surface area contributed by atoms with E-state index in [0.29, 0.717) is 5.82 Å². The average molecular weight is 343 g/mol. The summed E-state index contributed by atoms with van der Waals surface area (Å²) in [6.07, 6.45) is 2.18. The number of non-ortho nitro benzene ring substituents is 1. The van der Waals surface area contributed by atoms with Crippen molar-refractivity contribution in [2.45, 2.75) is 19.0 Å². The van der Waals surface area contributed by atoms with Gasteiger partial charge in [-0.05, 0) is 18.1 Å². The predicted molar refractivity (Wildman–Crippen MR) is 91.3 cm³/mol. The van der Waals surface area contributed by atoms with E-state index in [1.54, 1.807) is 18.2 Å². The summed E-state index contributed by atoms with van der Waals surface area (Å²) in [5.74, 6) is 0.618. The Labute approximate surface area is 143 Å². The summed E-state index contributed by atoms with van der Waals surface area (Å²) >= 11 is 0. The van der Waals surface area contributed by atoms with Crippen molar-refractivity contribution in [3.63, 3.8) is 0 Å². The Hall–Kier alpha value is -3.07. The topological polar surface area (TPSA) is 114 Å². The number of nitro benzene ring substituents is 1. The molecule has 1 saturated heterocycles. The molecule has 0 saturated carbocycles. The molecule has 0 amide bonds. The van der Waals surface area contributed by atoms with Crippen molar-refractivity contribution in [1.82, 2.24) is 9.88 Å². The van der Waals surface area contributed by atoms with Crippen LogP contribution in [0.4, 0.5) is 17.2 Å². The zero-order valence-corrected chi connectivity index (χ0v) is 13.4. The SMILES string of the molecule is O=[N+]([O-])c1ccc(CN2CC[C@@H](Nc3ccc([N+](=O)[O-])cn3)C2)cc1. The number of aromatic nitrogens is 1. The Morgan fingerprint density at radius 1 is 1.08 bits per heavy atom. The number of nitrogens with zero attached hydrogens (tertiary/aromatic N) is 4. The Morgan fingerprint density at radius 2 is 1.76 bits per heavy atom. The molecule has 9 heteroatoms. The van der Waals surface area contributed by atoms with Gasteiger partial charge in [0.2, 0.25) is 0 Å². The van der Waals surface area contributed by atoms with Crippen LogP contribution in [0.2, 0.25) is 0 Å². The van der Waals surface area contributed by atoms with Crippen LogP contribution >= 0.6 is 0 Å². The van der Waals surface area contributed by atoms with E-state index in [1.165, 1.54) is 24.4 Å². The third kappa shape index (κ3) is 4.27. The summed E-state index contributed by atoms with van der Waals surface area (Å²) in [4.78, 5) is 26.7. The zero-order valence-electron chi connectivity index (χ0n) is 13.4. The maximum Gasteiger partial charge on any atom is 0.287 e. The second kappa shape index (κ2) is 7.22. The van der Waals surface area contributed by atoms with Crippen LogP contribution in [0.1, 0.15) is 12.0 Å². The highest BCUT2D eigenvalue weighted by atomic mass is 16.6. The monoisotopic (exact) mass is 343 g/mol. The zero-order chi connectivity index (χ0) is 17.8. The predicted octanol–water partition coefficient (Wildman–Crippen LogP) is 2.58. The third-order valence-corrected chi connectivity index (χ3v) is 4.14. The molecule has 1 N–H and O–H groups in total. The first-order valence-electron chi connectivity index (χ1n) is 7.84.